The third kappa shape index (κ3) is 7.67. The quantitative estimate of drug-likeness (QED) is 0.757. The van der Waals surface area contributed by atoms with Gasteiger partial charge in [-0.25, -0.2) is 8.42 Å². The molecule has 164 valence electrons. The fraction of sp³-hybridized carbons (Fsp3) is 0.650. The van der Waals surface area contributed by atoms with Crippen molar-refractivity contribution in [2.45, 2.75) is 31.7 Å². The van der Waals surface area contributed by atoms with Crippen LogP contribution in [-0.4, -0.2) is 78.0 Å². The molecule has 1 aromatic carbocycles. The van der Waals surface area contributed by atoms with Crippen LogP contribution in [0.1, 0.15) is 19.4 Å². The number of nitrogens with one attached hydrogen (secondary N) is 1. The monoisotopic (exact) mass is 428 g/mol. The molecule has 1 saturated heterocycles. The molecule has 0 saturated carbocycles. The maximum Gasteiger partial charge on any atom is 0.241 e. The molecule has 0 radical (unpaired) electrons. The largest absolute Gasteiger partial charge is 0.377 e. The van der Waals surface area contributed by atoms with Crippen LogP contribution in [0.25, 0.3) is 0 Å². The number of carbonyl (C=O) groups is 1. The van der Waals surface area contributed by atoms with Gasteiger partial charge in [-0.15, -0.1) is 0 Å². The van der Waals surface area contributed by atoms with E-state index in [4.69, 9.17) is 14.2 Å². The van der Waals surface area contributed by atoms with Gasteiger partial charge < -0.3 is 19.1 Å². The van der Waals surface area contributed by atoms with E-state index in [-0.39, 0.29) is 16.7 Å². The molecule has 1 heterocycles. The Bertz CT molecular complexity index is 724. The lowest BCUT2D eigenvalue weighted by molar-refractivity contribution is -0.136. The highest BCUT2D eigenvalue weighted by Gasteiger charge is 2.31. The van der Waals surface area contributed by atoms with Crippen LogP contribution < -0.4 is 4.72 Å². The van der Waals surface area contributed by atoms with Gasteiger partial charge in [-0.2, -0.15) is 4.72 Å². The predicted molar refractivity (Wildman–Crippen MR) is 109 cm³/mol. The first-order valence-electron chi connectivity index (χ1n) is 9.92. The molecular formula is C20H32N2O6S. The summed E-state index contributed by atoms with van der Waals surface area (Å²) >= 11 is 0. The van der Waals surface area contributed by atoms with E-state index >= 15 is 0 Å². The number of sulfonamides is 1. The zero-order chi connectivity index (χ0) is 21.3. The van der Waals surface area contributed by atoms with Gasteiger partial charge in [0, 0.05) is 13.1 Å². The van der Waals surface area contributed by atoms with E-state index in [9.17, 15) is 13.2 Å². The Kier molecular flexibility index (Phi) is 9.51. The number of benzene rings is 1. The lowest BCUT2D eigenvalue weighted by Crippen LogP contribution is -2.52. The molecule has 1 amide bonds. The van der Waals surface area contributed by atoms with Crippen LogP contribution in [0.2, 0.25) is 0 Å². The molecular weight excluding hydrogens is 396 g/mol. The van der Waals surface area contributed by atoms with Crippen molar-refractivity contribution in [3.05, 3.63) is 29.8 Å². The molecule has 2 rings (SSSR count). The highest BCUT2D eigenvalue weighted by atomic mass is 32.2. The van der Waals surface area contributed by atoms with Crippen molar-refractivity contribution in [1.82, 2.24) is 9.62 Å². The highest BCUT2D eigenvalue weighted by molar-refractivity contribution is 7.89. The van der Waals surface area contributed by atoms with Gasteiger partial charge in [-0.3, -0.25) is 4.79 Å². The van der Waals surface area contributed by atoms with Gasteiger partial charge in [0.05, 0.1) is 44.5 Å². The second-order valence-electron chi connectivity index (χ2n) is 7.32. The molecule has 0 aliphatic carbocycles. The molecule has 1 aliphatic heterocycles. The number of hydrogen-bond acceptors (Lipinski definition) is 6. The van der Waals surface area contributed by atoms with E-state index in [0.717, 1.165) is 5.56 Å². The minimum absolute atomic E-state index is 0.141. The van der Waals surface area contributed by atoms with Gasteiger partial charge >= 0.3 is 0 Å². The van der Waals surface area contributed by atoms with Crippen molar-refractivity contribution >= 4 is 15.9 Å². The first-order valence-corrected chi connectivity index (χ1v) is 11.4. The molecule has 0 aromatic heterocycles. The maximum atomic E-state index is 13.2. The molecule has 0 spiro atoms. The Labute approximate surface area is 173 Å². The van der Waals surface area contributed by atoms with Gasteiger partial charge in [-0.1, -0.05) is 31.5 Å². The van der Waals surface area contributed by atoms with E-state index in [1.807, 2.05) is 20.8 Å². The summed E-state index contributed by atoms with van der Waals surface area (Å²) in [5, 5.41) is 0. The van der Waals surface area contributed by atoms with E-state index < -0.39 is 16.1 Å². The van der Waals surface area contributed by atoms with Crippen LogP contribution in [0, 0.1) is 12.8 Å². The lowest BCUT2D eigenvalue weighted by atomic mass is 10.0. The summed E-state index contributed by atoms with van der Waals surface area (Å²) in [6.07, 6.45) is 0. The van der Waals surface area contributed by atoms with E-state index in [2.05, 4.69) is 4.72 Å². The number of rotatable bonds is 5. The average molecular weight is 429 g/mol. The lowest BCUT2D eigenvalue weighted by Gasteiger charge is -2.30. The van der Waals surface area contributed by atoms with Crippen LogP contribution >= 0.6 is 0 Å². The Balaban J connectivity index is 2.11. The molecule has 0 bridgehead atoms. The van der Waals surface area contributed by atoms with Crippen LogP contribution in [-0.2, 0) is 29.0 Å². The fourth-order valence-electron chi connectivity index (χ4n) is 2.84. The molecule has 29 heavy (non-hydrogen) atoms. The topological polar surface area (TPSA) is 94.2 Å². The summed E-state index contributed by atoms with van der Waals surface area (Å²) in [6.45, 7) is 8.78. The van der Waals surface area contributed by atoms with Crippen molar-refractivity contribution in [2.24, 2.45) is 5.92 Å². The van der Waals surface area contributed by atoms with Crippen molar-refractivity contribution in [1.29, 1.82) is 0 Å². The van der Waals surface area contributed by atoms with Gasteiger partial charge in [0.15, 0.2) is 0 Å². The number of aryl methyl sites for hydroxylation is 1. The van der Waals surface area contributed by atoms with Crippen molar-refractivity contribution in [3.63, 3.8) is 0 Å². The summed E-state index contributed by atoms with van der Waals surface area (Å²) < 4.78 is 44.6. The zero-order valence-electron chi connectivity index (χ0n) is 17.4. The molecule has 0 unspecified atom stereocenters. The second kappa shape index (κ2) is 11.6. The molecule has 9 heteroatoms. The molecule has 1 atom stereocenters. The van der Waals surface area contributed by atoms with Gasteiger partial charge in [0.2, 0.25) is 15.9 Å². The second-order valence-corrected chi connectivity index (χ2v) is 9.03. The molecule has 8 nitrogen and oxygen atoms in total. The van der Waals surface area contributed by atoms with Crippen molar-refractivity contribution in [2.75, 3.05) is 52.7 Å². The minimum Gasteiger partial charge on any atom is -0.377 e. The molecule has 1 N–H and O–H groups in total. The first kappa shape index (κ1) is 23.8. The molecule has 1 aromatic rings. The highest BCUT2D eigenvalue weighted by Crippen LogP contribution is 2.14. The summed E-state index contributed by atoms with van der Waals surface area (Å²) in [5.41, 5.74) is 0.963. The Hall–Kier alpha value is -1.52. The number of hydrogen-bond donors (Lipinski definition) is 1. The van der Waals surface area contributed by atoms with E-state index in [1.165, 1.54) is 0 Å². The standard InChI is InChI=1S/C20H32N2O6S/c1-16(2)19(21-29(24,25)18-6-4-17(3)5-7-18)20(23)22-8-10-26-12-14-28-15-13-27-11-9-22/h4-7,16,19,21H,8-15H2,1-3H3/t19-/m0/s1. The van der Waals surface area contributed by atoms with E-state index in [0.29, 0.717) is 52.7 Å². The Morgan fingerprint density at radius 1 is 0.931 bits per heavy atom. The molecule has 1 fully saturated rings. The number of amides is 1. The third-order valence-electron chi connectivity index (χ3n) is 4.61. The first-order chi connectivity index (χ1) is 13.8. The fourth-order valence-corrected chi connectivity index (χ4v) is 4.18. The predicted octanol–water partition coefficient (Wildman–Crippen LogP) is 1.19. The normalized spacial score (nSPS) is 18.7. The zero-order valence-corrected chi connectivity index (χ0v) is 18.2. The maximum absolute atomic E-state index is 13.2. The van der Waals surface area contributed by atoms with Crippen LogP contribution in [0.5, 0.6) is 0 Å². The summed E-state index contributed by atoms with van der Waals surface area (Å²) in [4.78, 5) is 14.9. The molecule has 1 aliphatic rings. The average Bonchev–Trinajstić information content (AvgIpc) is 2.66. The van der Waals surface area contributed by atoms with Crippen molar-refractivity contribution < 1.29 is 27.4 Å². The van der Waals surface area contributed by atoms with Gasteiger partial charge in [0.25, 0.3) is 0 Å². The minimum atomic E-state index is -3.82. The smallest absolute Gasteiger partial charge is 0.241 e. The summed E-state index contributed by atoms with van der Waals surface area (Å²) in [5.74, 6) is -0.504. The van der Waals surface area contributed by atoms with Gasteiger partial charge in [-0.05, 0) is 25.0 Å². The number of ether oxygens (including phenoxy) is 3. The van der Waals surface area contributed by atoms with Gasteiger partial charge in [0.1, 0.15) is 6.04 Å². The van der Waals surface area contributed by atoms with Crippen LogP contribution in [0.3, 0.4) is 0 Å². The Morgan fingerprint density at radius 2 is 1.41 bits per heavy atom. The summed E-state index contributed by atoms with van der Waals surface area (Å²) in [6, 6.07) is 5.67. The third-order valence-corrected chi connectivity index (χ3v) is 6.07. The van der Waals surface area contributed by atoms with Crippen molar-refractivity contribution in [3.8, 4) is 0 Å². The number of carbonyl (C=O) groups excluding carboxylic acids is 1. The van der Waals surface area contributed by atoms with Crippen LogP contribution in [0.15, 0.2) is 29.2 Å². The van der Waals surface area contributed by atoms with E-state index in [1.54, 1.807) is 29.2 Å². The summed E-state index contributed by atoms with van der Waals surface area (Å²) in [7, 11) is -3.82. The Morgan fingerprint density at radius 3 is 1.90 bits per heavy atom. The number of nitrogens with zero attached hydrogens (tertiary/aromatic N) is 1. The van der Waals surface area contributed by atoms with Crippen LogP contribution in [0.4, 0.5) is 0 Å². The SMILES string of the molecule is Cc1ccc(S(=O)(=O)N[C@H](C(=O)N2CCOCCOCCOCC2)C(C)C)cc1.